The van der Waals surface area contributed by atoms with Gasteiger partial charge < -0.3 is 10.6 Å². The third kappa shape index (κ3) is 3.18. The van der Waals surface area contributed by atoms with E-state index in [-0.39, 0.29) is 11.9 Å². The topological polar surface area (TPSA) is 46.3 Å². The van der Waals surface area contributed by atoms with Crippen LogP contribution in [0.4, 0.5) is 0 Å². The van der Waals surface area contributed by atoms with Crippen LogP contribution < -0.4 is 5.73 Å². The van der Waals surface area contributed by atoms with Crippen LogP contribution in [-0.2, 0) is 0 Å². The van der Waals surface area contributed by atoms with Crippen LogP contribution in [-0.4, -0.2) is 36.2 Å². The molecule has 1 fully saturated rings. The third-order valence-corrected chi connectivity index (χ3v) is 5.07. The summed E-state index contributed by atoms with van der Waals surface area (Å²) in [5.74, 6) is 0.850. The van der Waals surface area contributed by atoms with E-state index in [1.807, 2.05) is 35.4 Å². The number of piperidine rings is 1. The van der Waals surface area contributed by atoms with E-state index in [0.29, 0.717) is 12.5 Å². The molecule has 0 spiro atoms. The van der Waals surface area contributed by atoms with Gasteiger partial charge in [-0.25, -0.2) is 0 Å². The highest BCUT2D eigenvalue weighted by Crippen LogP contribution is 2.28. The molecule has 1 saturated heterocycles. The van der Waals surface area contributed by atoms with Gasteiger partial charge in [-0.15, -0.1) is 11.8 Å². The van der Waals surface area contributed by atoms with Crippen molar-refractivity contribution in [3.63, 3.8) is 0 Å². The first-order valence-corrected chi connectivity index (χ1v) is 8.57. The number of nitrogens with zero attached hydrogens (tertiary/aromatic N) is 1. The van der Waals surface area contributed by atoms with E-state index in [2.05, 4.69) is 6.92 Å². The van der Waals surface area contributed by atoms with Gasteiger partial charge in [-0.2, -0.15) is 0 Å². The molecule has 2 atom stereocenters. The van der Waals surface area contributed by atoms with Crippen molar-refractivity contribution < 1.29 is 4.79 Å². The zero-order valence-corrected chi connectivity index (χ0v) is 13.2. The molecule has 110 valence electrons. The minimum atomic E-state index is 0.139. The lowest BCUT2D eigenvalue weighted by atomic mass is 9.88. The van der Waals surface area contributed by atoms with Gasteiger partial charge in [0.2, 0.25) is 0 Å². The fraction of sp³-hybridized carbons (Fsp3) is 0.562. The lowest BCUT2D eigenvalue weighted by Crippen LogP contribution is -2.49. The number of carbonyl (C=O) groups is 1. The Morgan fingerprint density at radius 2 is 2.20 bits per heavy atom. The average molecular weight is 292 g/mol. The maximum absolute atomic E-state index is 12.8. The van der Waals surface area contributed by atoms with Crippen molar-refractivity contribution >= 4 is 17.7 Å². The molecule has 2 rings (SSSR count). The lowest BCUT2D eigenvalue weighted by molar-refractivity contribution is 0.0555. The molecule has 2 unspecified atom stereocenters. The highest BCUT2D eigenvalue weighted by molar-refractivity contribution is 7.98. The van der Waals surface area contributed by atoms with Crippen molar-refractivity contribution in [1.29, 1.82) is 0 Å². The van der Waals surface area contributed by atoms with Gasteiger partial charge in [0, 0.05) is 24.0 Å². The number of rotatable bonds is 4. The molecule has 1 heterocycles. The number of thioether (sulfide) groups is 1. The first kappa shape index (κ1) is 15.4. The fourth-order valence-corrected chi connectivity index (χ4v) is 3.56. The second-order valence-electron chi connectivity index (χ2n) is 5.39. The maximum Gasteiger partial charge on any atom is 0.255 e. The van der Waals surface area contributed by atoms with E-state index in [0.717, 1.165) is 29.8 Å². The summed E-state index contributed by atoms with van der Waals surface area (Å²) < 4.78 is 0. The summed E-state index contributed by atoms with van der Waals surface area (Å²) in [5.41, 5.74) is 6.71. The minimum Gasteiger partial charge on any atom is -0.334 e. The van der Waals surface area contributed by atoms with Crippen LogP contribution >= 0.6 is 11.8 Å². The number of nitrogens with two attached hydrogens (primary N) is 1. The molecular weight excluding hydrogens is 268 g/mol. The summed E-state index contributed by atoms with van der Waals surface area (Å²) in [6.07, 6.45) is 5.33. The van der Waals surface area contributed by atoms with Gasteiger partial charge in [-0.05, 0) is 37.1 Å². The predicted octanol–water partition coefficient (Wildman–Crippen LogP) is 3.00. The monoisotopic (exact) mass is 292 g/mol. The zero-order valence-electron chi connectivity index (χ0n) is 12.3. The fourth-order valence-electron chi connectivity index (χ4n) is 2.97. The Kier molecular flexibility index (Phi) is 5.49. The van der Waals surface area contributed by atoms with Crippen LogP contribution in [0, 0.1) is 5.92 Å². The maximum atomic E-state index is 12.8. The third-order valence-electron chi connectivity index (χ3n) is 4.27. The van der Waals surface area contributed by atoms with E-state index in [9.17, 15) is 4.79 Å². The van der Waals surface area contributed by atoms with Crippen molar-refractivity contribution in [2.24, 2.45) is 11.7 Å². The summed E-state index contributed by atoms with van der Waals surface area (Å²) in [6, 6.07) is 8.04. The highest BCUT2D eigenvalue weighted by atomic mass is 32.2. The molecular formula is C16H24N2OS. The Morgan fingerprint density at radius 3 is 2.85 bits per heavy atom. The van der Waals surface area contributed by atoms with E-state index in [1.54, 1.807) is 11.8 Å². The van der Waals surface area contributed by atoms with Gasteiger partial charge in [0.15, 0.2) is 0 Å². The SMILES string of the molecule is CCC1CCN(C(=O)c2ccccc2SC)C(CN)C1. The van der Waals surface area contributed by atoms with Gasteiger partial charge in [-0.3, -0.25) is 4.79 Å². The van der Waals surface area contributed by atoms with Crippen LogP contribution in [0.2, 0.25) is 0 Å². The summed E-state index contributed by atoms with van der Waals surface area (Å²) in [5, 5.41) is 0. The van der Waals surface area contributed by atoms with Crippen LogP contribution in [0.5, 0.6) is 0 Å². The summed E-state index contributed by atoms with van der Waals surface area (Å²) in [6.45, 7) is 3.62. The quantitative estimate of drug-likeness (QED) is 0.868. The second kappa shape index (κ2) is 7.14. The van der Waals surface area contributed by atoms with Crippen molar-refractivity contribution in [3.05, 3.63) is 29.8 Å². The van der Waals surface area contributed by atoms with Crippen LogP contribution in [0.15, 0.2) is 29.2 Å². The Hall–Kier alpha value is -1.00. The van der Waals surface area contributed by atoms with Gasteiger partial charge in [0.05, 0.1) is 5.56 Å². The molecule has 0 saturated carbocycles. The number of hydrogen-bond acceptors (Lipinski definition) is 3. The molecule has 0 aromatic heterocycles. The smallest absolute Gasteiger partial charge is 0.255 e. The number of benzene rings is 1. The van der Waals surface area contributed by atoms with Gasteiger partial charge in [-0.1, -0.05) is 25.5 Å². The molecule has 0 bridgehead atoms. The Balaban J connectivity index is 2.19. The van der Waals surface area contributed by atoms with Crippen molar-refractivity contribution in [1.82, 2.24) is 4.90 Å². The van der Waals surface area contributed by atoms with Crippen LogP contribution in [0.3, 0.4) is 0 Å². The molecule has 1 aromatic rings. The Morgan fingerprint density at radius 1 is 1.45 bits per heavy atom. The summed E-state index contributed by atoms with van der Waals surface area (Å²) in [7, 11) is 0. The van der Waals surface area contributed by atoms with Gasteiger partial charge >= 0.3 is 0 Å². The number of carbonyl (C=O) groups excluding carboxylic acids is 1. The normalized spacial score (nSPS) is 22.9. The molecule has 1 aliphatic heterocycles. The first-order chi connectivity index (χ1) is 9.71. The number of amides is 1. The van der Waals surface area contributed by atoms with Crippen LogP contribution in [0.1, 0.15) is 36.5 Å². The molecule has 1 aliphatic rings. The number of likely N-dealkylation sites (tertiary alicyclic amines) is 1. The molecule has 1 aromatic carbocycles. The molecule has 20 heavy (non-hydrogen) atoms. The van der Waals surface area contributed by atoms with Crippen LogP contribution in [0.25, 0.3) is 0 Å². The van der Waals surface area contributed by atoms with E-state index < -0.39 is 0 Å². The Bertz CT molecular complexity index is 464. The first-order valence-electron chi connectivity index (χ1n) is 7.35. The lowest BCUT2D eigenvalue weighted by Gasteiger charge is -2.39. The molecule has 0 aliphatic carbocycles. The van der Waals surface area contributed by atoms with E-state index >= 15 is 0 Å². The largest absolute Gasteiger partial charge is 0.334 e. The number of hydrogen-bond donors (Lipinski definition) is 1. The average Bonchev–Trinajstić information content (AvgIpc) is 2.53. The van der Waals surface area contributed by atoms with Crippen molar-refractivity contribution in [2.45, 2.75) is 37.1 Å². The summed E-state index contributed by atoms with van der Waals surface area (Å²) in [4.78, 5) is 15.8. The molecule has 3 nitrogen and oxygen atoms in total. The van der Waals surface area contributed by atoms with Gasteiger partial charge in [0.25, 0.3) is 5.91 Å². The van der Waals surface area contributed by atoms with Gasteiger partial charge in [0.1, 0.15) is 0 Å². The molecule has 1 amide bonds. The van der Waals surface area contributed by atoms with Crippen molar-refractivity contribution in [2.75, 3.05) is 19.3 Å². The van der Waals surface area contributed by atoms with E-state index in [4.69, 9.17) is 5.73 Å². The summed E-state index contributed by atoms with van der Waals surface area (Å²) >= 11 is 1.62. The molecule has 2 N–H and O–H groups in total. The zero-order chi connectivity index (χ0) is 14.5. The molecule has 0 radical (unpaired) electrons. The standard InChI is InChI=1S/C16H24N2OS/c1-3-12-8-9-18(13(10-12)11-17)16(19)14-6-4-5-7-15(14)20-2/h4-7,12-13H,3,8-11,17H2,1-2H3. The van der Waals surface area contributed by atoms with E-state index in [1.165, 1.54) is 6.42 Å². The Labute approximate surface area is 125 Å². The highest BCUT2D eigenvalue weighted by Gasteiger charge is 2.31. The molecule has 4 heteroatoms. The minimum absolute atomic E-state index is 0.139. The van der Waals surface area contributed by atoms with Crippen molar-refractivity contribution in [3.8, 4) is 0 Å². The predicted molar refractivity (Wildman–Crippen MR) is 85.1 cm³/mol. The second-order valence-corrected chi connectivity index (χ2v) is 6.24.